The molecule has 0 aliphatic carbocycles. The van der Waals surface area contributed by atoms with Crippen molar-refractivity contribution in [1.29, 1.82) is 0 Å². The van der Waals surface area contributed by atoms with Gasteiger partial charge in [-0.2, -0.15) is 0 Å². The van der Waals surface area contributed by atoms with Crippen molar-refractivity contribution in [3.63, 3.8) is 0 Å². The van der Waals surface area contributed by atoms with Crippen LogP contribution in [-0.2, 0) is 6.42 Å². The molecule has 0 radical (unpaired) electrons. The van der Waals surface area contributed by atoms with Crippen molar-refractivity contribution in [2.45, 2.75) is 45.6 Å². The zero-order valence-corrected chi connectivity index (χ0v) is 11.1. The number of nitrogens with zero attached hydrogens (tertiary/aromatic N) is 1. The summed E-state index contributed by atoms with van der Waals surface area (Å²) < 4.78 is 5.03. The third kappa shape index (κ3) is 5.18. The Bertz CT molecular complexity index is 311. The van der Waals surface area contributed by atoms with E-state index < -0.39 is 0 Å². The SMILES string of the molecule is CCCC(C)CC(N)Cc1ccc(OC)nc1. The van der Waals surface area contributed by atoms with Crippen molar-refractivity contribution in [2.75, 3.05) is 7.11 Å². The molecule has 96 valence electrons. The lowest BCUT2D eigenvalue weighted by molar-refractivity contribution is 0.397. The Hall–Kier alpha value is -1.09. The number of hydrogen-bond donors (Lipinski definition) is 1. The molecular weight excluding hydrogens is 212 g/mol. The van der Waals surface area contributed by atoms with Gasteiger partial charge in [-0.3, -0.25) is 0 Å². The average molecular weight is 236 g/mol. The van der Waals surface area contributed by atoms with E-state index in [9.17, 15) is 0 Å². The molecule has 2 atom stereocenters. The van der Waals surface area contributed by atoms with Crippen LogP contribution in [0.1, 0.15) is 38.7 Å². The highest BCUT2D eigenvalue weighted by Crippen LogP contribution is 2.15. The summed E-state index contributed by atoms with van der Waals surface area (Å²) in [5.41, 5.74) is 7.33. The van der Waals surface area contributed by atoms with Gasteiger partial charge in [-0.25, -0.2) is 4.98 Å². The summed E-state index contributed by atoms with van der Waals surface area (Å²) in [4.78, 5) is 4.19. The molecule has 0 saturated carbocycles. The maximum absolute atomic E-state index is 6.15. The summed E-state index contributed by atoms with van der Waals surface area (Å²) in [5, 5.41) is 0. The van der Waals surface area contributed by atoms with E-state index in [1.165, 1.54) is 18.4 Å². The lowest BCUT2D eigenvalue weighted by Crippen LogP contribution is -2.25. The second-order valence-corrected chi connectivity index (χ2v) is 4.80. The van der Waals surface area contributed by atoms with Crippen molar-refractivity contribution >= 4 is 0 Å². The van der Waals surface area contributed by atoms with Crippen LogP contribution in [0.4, 0.5) is 0 Å². The van der Waals surface area contributed by atoms with Gasteiger partial charge in [-0.1, -0.05) is 32.8 Å². The zero-order chi connectivity index (χ0) is 12.7. The molecule has 0 aliphatic heterocycles. The van der Waals surface area contributed by atoms with Gasteiger partial charge in [0.1, 0.15) is 0 Å². The summed E-state index contributed by atoms with van der Waals surface area (Å²) >= 11 is 0. The lowest BCUT2D eigenvalue weighted by atomic mass is 9.94. The van der Waals surface area contributed by atoms with E-state index in [1.807, 2.05) is 18.3 Å². The maximum Gasteiger partial charge on any atom is 0.212 e. The van der Waals surface area contributed by atoms with Gasteiger partial charge in [-0.05, 0) is 24.3 Å². The minimum absolute atomic E-state index is 0.228. The van der Waals surface area contributed by atoms with E-state index in [0.29, 0.717) is 11.8 Å². The first kappa shape index (κ1) is 14.0. The molecule has 2 unspecified atom stereocenters. The Kier molecular flexibility index (Phi) is 5.98. The van der Waals surface area contributed by atoms with Gasteiger partial charge in [0.2, 0.25) is 5.88 Å². The molecule has 0 aromatic carbocycles. The van der Waals surface area contributed by atoms with Crippen LogP contribution in [-0.4, -0.2) is 18.1 Å². The van der Waals surface area contributed by atoms with Crippen molar-refractivity contribution in [1.82, 2.24) is 4.98 Å². The van der Waals surface area contributed by atoms with Crippen LogP contribution in [0, 0.1) is 5.92 Å². The molecule has 17 heavy (non-hydrogen) atoms. The molecule has 2 N–H and O–H groups in total. The van der Waals surface area contributed by atoms with E-state index in [1.54, 1.807) is 7.11 Å². The maximum atomic E-state index is 6.15. The molecule has 0 aliphatic rings. The van der Waals surface area contributed by atoms with Crippen molar-refractivity contribution in [3.8, 4) is 5.88 Å². The zero-order valence-electron chi connectivity index (χ0n) is 11.1. The Labute approximate surface area is 104 Å². The van der Waals surface area contributed by atoms with Gasteiger partial charge >= 0.3 is 0 Å². The number of nitrogens with two attached hydrogens (primary N) is 1. The second-order valence-electron chi connectivity index (χ2n) is 4.80. The fourth-order valence-electron chi connectivity index (χ4n) is 2.17. The molecule has 1 rings (SSSR count). The summed E-state index contributed by atoms with van der Waals surface area (Å²) in [6.45, 7) is 4.49. The average Bonchev–Trinajstić information content (AvgIpc) is 2.30. The largest absolute Gasteiger partial charge is 0.481 e. The molecule has 1 heterocycles. The Morgan fingerprint density at radius 2 is 2.18 bits per heavy atom. The third-order valence-corrected chi connectivity index (χ3v) is 2.99. The first-order valence-corrected chi connectivity index (χ1v) is 6.40. The minimum atomic E-state index is 0.228. The van der Waals surface area contributed by atoms with E-state index in [-0.39, 0.29) is 6.04 Å². The van der Waals surface area contributed by atoms with Crippen LogP contribution >= 0.6 is 0 Å². The second kappa shape index (κ2) is 7.28. The van der Waals surface area contributed by atoms with Gasteiger partial charge in [0.25, 0.3) is 0 Å². The topological polar surface area (TPSA) is 48.1 Å². The van der Waals surface area contributed by atoms with Crippen LogP contribution < -0.4 is 10.5 Å². The van der Waals surface area contributed by atoms with Crippen molar-refractivity contribution < 1.29 is 4.74 Å². The van der Waals surface area contributed by atoms with Crippen LogP contribution in [0.3, 0.4) is 0 Å². The van der Waals surface area contributed by atoms with Crippen molar-refractivity contribution in [3.05, 3.63) is 23.9 Å². The number of methoxy groups -OCH3 is 1. The monoisotopic (exact) mass is 236 g/mol. The van der Waals surface area contributed by atoms with E-state index in [0.717, 1.165) is 12.8 Å². The van der Waals surface area contributed by atoms with E-state index in [4.69, 9.17) is 10.5 Å². The van der Waals surface area contributed by atoms with Gasteiger partial charge in [0.05, 0.1) is 7.11 Å². The fraction of sp³-hybridized carbons (Fsp3) is 0.643. The first-order chi connectivity index (χ1) is 8.15. The lowest BCUT2D eigenvalue weighted by Gasteiger charge is -2.16. The van der Waals surface area contributed by atoms with Gasteiger partial charge < -0.3 is 10.5 Å². The summed E-state index contributed by atoms with van der Waals surface area (Å²) in [6, 6.07) is 4.15. The fourth-order valence-corrected chi connectivity index (χ4v) is 2.17. The number of pyridine rings is 1. The molecule has 0 bridgehead atoms. The third-order valence-electron chi connectivity index (χ3n) is 2.99. The summed E-state index contributed by atoms with van der Waals surface area (Å²) in [6.07, 6.45) is 6.32. The summed E-state index contributed by atoms with van der Waals surface area (Å²) in [5.74, 6) is 1.36. The van der Waals surface area contributed by atoms with Gasteiger partial charge in [0, 0.05) is 18.3 Å². The predicted molar refractivity (Wildman–Crippen MR) is 71.2 cm³/mol. The molecule has 0 saturated heterocycles. The Morgan fingerprint density at radius 3 is 2.71 bits per heavy atom. The molecule has 3 heteroatoms. The summed E-state index contributed by atoms with van der Waals surface area (Å²) in [7, 11) is 1.63. The smallest absolute Gasteiger partial charge is 0.212 e. The standard InChI is InChI=1S/C14H24N2O/c1-4-5-11(2)8-13(15)9-12-6-7-14(17-3)16-10-12/h6-7,10-11,13H,4-5,8-9,15H2,1-3H3. The van der Waals surface area contributed by atoms with E-state index >= 15 is 0 Å². The quantitative estimate of drug-likeness (QED) is 0.792. The highest BCUT2D eigenvalue weighted by atomic mass is 16.5. The van der Waals surface area contributed by atoms with E-state index in [2.05, 4.69) is 18.8 Å². The van der Waals surface area contributed by atoms with Crippen LogP contribution in [0.2, 0.25) is 0 Å². The molecule has 0 spiro atoms. The molecule has 1 aromatic heterocycles. The Morgan fingerprint density at radius 1 is 1.41 bits per heavy atom. The highest BCUT2D eigenvalue weighted by Gasteiger charge is 2.09. The normalized spacial score (nSPS) is 14.4. The highest BCUT2D eigenvalue weighted by molar-refractivity contribution is 5.18. The first-order valence-electron chi connectivity index (χ1n) is 6.40. The van der Waals surface area contributed by atoms with Gasteiger partial charge in [0.15, 0.2) is 0 Å². The van der Waals surface area contributed by atoms with Crippen LogP contribution in [0.15, 0.2) is 18.3 Å². The van der Waals surface area contributed by atoms with Gasteiger partial charge in [-0.15, -0.1) is 0 Å². The molecule has 0 fully saturated rings. The number of rotatable bonds is 7. The van der Waals surface area contributed by atoms with Crippen molar-refractivity contribution in [2.24, 2.45) is 11.7 Å². The molecule has 1 aromatic rings. The number of hydrogen-bond acceptors (Lipinski definition) is 3. The molecule has 3 nitrogen and oxygen atoms in total. The number of aromatic nitrogens is 1. The molecule has 0 amide bonds. The predicted octanol–water partition coefficient (Wildman–Crippen LogP) is 2.79. The van der Waals surface area contributed by atoms with Crippen LogP contribution in [0.5, 0.6) is 5.88 Å². The minimum Gasteiger partial charge on any atom is -0.481 e. The molecular formula is C14H24N2O. The Balaban J connectivity index is 2.41. The number of ether oxygens (including phenoxy) is 1. The van der Waals surface area contributed by atoms with Crippen LogP contribution in [0.25, 0.3) is 0 Å².